The number of hydrogen-bond donors (Lipinski definition) is 0. The molecule has 0 fully saturated rings. The van der Waals surface area contributed by atoms with Crippen LogP contribution in [0, 0.1) is 0 Å². The van der Waals surface area contributed by atoms with E-state index in [2.05, 4.69) is 9.47 Å². The number of hydrogen-bond acceptors (Lipinski definition) is 5. The number of carbonyl (C=O) groups is 3. The Kier molecular flexibility index (Phi) is 6.75. The normalized spacial score (nSPS) is 10.9. The Bertz CT molecular complexity index is 615. The third-order valence-corrected chi connectivity index (χ3v) is 3.11. The van der Waals surface area contributed by atoms with Gasteiger partial charge in [0.2, 0.25) is 0 Å². The molecular weight excluding hydrogens is 331 g/mol. The van der Waals surface area contributed by atoms with E-state index < -0.39 is 41.7 Å². The van der Waals surface area contributed by atoms with Crippen LogP contribution in [0.3, 0.4) is 0 Å². The van der Waals surface area contributed by atoms with Gasteiger partial charge in [-0.3, -0.25) is 14.4 Å². The van der Waals surface area contributed by atoms with E-state index in [0.717, 1.165) is 37.3 Å². The molecule has 0 saturated heterocycles. The minimum absolute atomic E-state index is 0.270. The first-order valence-electron chi connectivity index (χ1n) is 6.79. The number of carbonyl (C=O) groups excluding carboxylic acids is 3. The summed E-state index contributed by atoms with van der Waals surface area (Å²) in [6.07, 6.45) is -5.00. The first-order valence-corrected chi connectivity index (χ1v) is 6.79. The highest BCUT2D eigenvalue weighted by molar-refractivity contribution is 5.97. The van der Waals surface area contributed by atoms with Crippen LogP contribution in [-0.4, -0.2) is 50.1 Å². The highest BCUT2D eigenvalue weighted by Gasteiger charge is 2.36. The molecule has 1 aromatic rings. The fraction of sp³-hybridized carbons (Fsp3) is 0.400. The lowest BCUT2D eigenvalue weighted by Crippen LogP contribution is -2.38. The first-order chi connectivity index (χ1) is 11.2. The van der Waals surface area contributed by atoms with Gasteiger partial charge in [0, 0.05) is 6.54 Å². The molecule has 0 N–H and O–H groups in total. The molecule has 132 valence electrons. The zero-order chi connectivity index (χ0) is 18.3. The second-order valence-corrected chi connectivity index (χ2v) is 4.67. The summed E-state index contributed by atoms with van der Waals surface area (Å²) in [5.74, 6) is -2.52. The van der Waals surface area contributed by atoms with E-state index >= 15 is 0 Å². The van der Waals surface area contributed by atoms with Crippen LogP contribution in [0.4, 0.5) is 13.2 Å². The number of amides is 1. The van der Waals surface area contributed by atoms with E-state index in [-0.39, 0.29) is 13.0 Å². The molecule has 0 bridgehead atoms. The summed E-state index contributed by atoms with van der Waals surface area (Å²) in [5, 5.41) is 0. The molecule has 0 atom stereocenters. The van der Waals surface area contributed by atoms with Crippen molar-refractivity contribution < 1.29 is 37.0 Å². The SMILES string of the molecule is COC(=O)CCN(CC(=O)OC)C(=O)c1ccccc1C(F)(F)F. The molecule has 6 nitrogen and oxygen atoms in total. The lowest BCUT2D eigenvalue weighted by atomic mass is 10.1. The molecule has 0 aliphatic heterocycles. The van der Waals surface area contributed by atoms with E-state index in [9.17, 15) is 27.6 Å². The van der Waals surface area contributed by atoms with Gasteiger partial charge in [-0.1, -0.05) is 12.1 Å². The van der Waals surface area contributed by atoms with Gasteiger partial charge in [-0.05, 0) is 12.1 Å². The van der Waals surface area contributed by atoms with Gasteiger partial charge in [-0.2, -0.15) is 13.2 Å². The van der Waals surface area contributed by atoms with Crippen molar-refractivity contribution in [3.05, 3.63) is 35.4 Å². The molecule has 0 heterocycles. The molecule has 9 heteroatoms. The monoisotopic (exact) mass is 347 g/mol. The number of esters is 2. The highest BCUT2D eigenvalue weighted by Crippen LogP contribution is 2.32. The Hall–Kier alpha value is -2.58. The first kappa shape index (κ1) is 19.5. The Morgan fingerprint density at radius 1 is 1.04 bits per heavy atom. The molecule has 0 aromatic heterocycles. The van der Waals surface area contributed by atoms with Crippen LogP contribution in [0.2, 0.25) is 0 Å². The Morgan fingerprint density at radius 3 is 2.17 bits per heavy atom. The van der Waals surface area contributed by atoms with Crippen LogP contribution in [0.15, 0.2) is 24.3 Å². The summed E-state index contributed by atoms with van der Waals surface area (Å²) in [6, 6.07) is 4.20. The number of methoxy groups -OCH3 is 2. The average molecular weight is 347 g/mol. The third kappa shape index (κ3) is 5.25. The van der Waals surface area contributed by atoms with E-state index in [0.29, 0.717) is 0 Å². The summed E-state index contributed by atoms with van der Waals surface area (Å²) in [5.41, 5.74) is -1.73. The third-order valence-electron chi connectivity index (χ3n) is 3.11. The fourth-order valence-electron chi connectivity index (χ4n) is 1.89. The maximum Gasteiger partial charge on any atom is 0.417 e. The van der Waals surface area contributed by atoms with Crippen LogP contribution < -0.4 is 0 Å². The average Bonchev–Trinajstić information content (AvgIpc) is 2.56. The number of halogens is 3. The molecule has 0 radical (unpaired) electrons. The molecule has 24 heavy (non-hydrogen) atoms. The maximum atomic E-state index is 13.0. The molecule has 0 aliphatic rings. The van der Waals surface area contributed by atoms with Gasteiger partial charge >= 0.3 is 18.1 Å². The standard InChI is InChI=1S/C15H16F3NO5/c1-23-12(20)7-8-19(9-13(21)24-2)14(22)10-5-3-4-6-11(10)15(16,17)18/h3-6H,7-9H2,1-2H3. The van der Waals surface area contributed by atoms with Gasteiger partial charge in [-0.25, -0.2) is 0 Å². The van der Waals surface area contributed by atoms with E-state index in [4.69, 9.17) is 0 Å². The van der Waals surface area contributed by atoms with Gasteiger partial charge in [0.15, 0.2) is 0 Å². The van der Waals surface area contributed by atoms with Crippen LogP contribution in [-0.2, 0) is 25.2 Å². The van der Waals surface area contributed by atoms with Crippen molar-refractivity contribution >= 4 is 17.8 Å². The molecule has 1 rings (SSSR count). The largest absolute Gasteiger partial charge is 0.469 e. The van der Waals surface area contributed by atoms with Crippen LogP contribution in [0.25, 0.3) is 0 Å². The van der Waals surface area contributed by atoms with Crippen molar-refractivity contribution in [1.29, 1.82) is 0 Å². The second-order valence-electron chi connectivity index (χ2n) is 4.67. The van der Waals surface area contributed by atoms with E-state index in [1.165, 1.54) is 6.07 Å². The van der Waals surface area contributed by atoms with Crippen LogP contribution >= 0.6 is 0 Å². The molecule has 0 aliphatic carbocycles. The van der Waals surface area contributed by atoms with E-state index in [1.807, 2.05) is 0 Å². The molecule has 0 spiro atoms. The topological polar surface area (TPSA) is 72.9 Å². The predicted molar refractivity (Wildman–Crippen MR) is 76.0 cm³/mol. The van der Waals surface area contributed by atoms with Crippen molar-refractivity contribution in [2.24, 2.45) is 0 Å². The number of nitrogens with zero attached hydrogens (tertiary/aromatic N) is 1. The molecule has 1 aromatic carbocycles. The summed E-state index contributed by atoms with van der Waals surface area (Å²) in [4.78, 5) is 35.8. The molecular formula is C15H16F3NO5. The Morgan fingerprint density at radius 2 is 1.62 bits per heavy atom. The number of ether oxygens (including phenoxy) is 2. The minimum Gasteiger partial charge on any atom is -0.469 e. The van der Waals surface area contributed by atoms with Gasteiger partial charge in [0.25, 0.3) is 5.91 Å². The van der Waals surface area contributed by atoms with E-state index in [1.54, 1.807) is 0 Å². The second kappa shape index (κ2) is 8.32. The zero-order valence-electron chi connectivity index (χ0n) is 13.1. The smallest absolute Gasteiger partial charge is 0.417 e. The van der Waals surface area contributed by atoms with Gasteiger partial charge in [0.1, 0.15) is 6.54 Å². The quantitative estimate of drug-likeness (QED) is 0.735. The maximum absolute atomic E-state index is 13.0. The number of alkyl halides is 3. The van der Waals surface area contributed by atoms with Gasteiger partial charge < -0.3 is 14.4 Å². The number of benzene rings is 1. The molecule has 1 amide bonds. The van der Waals surface area contributed by atoms with Gasteiger partial charge in [-0.15, -0.1) is 0 Å². The highest BCUT2D eigenvalue weighted by atomic mass is 19.4. The fourth-order valence-corrected chi connectivity index (χ4v) is 1.89. The zero-order valence-corrected chi connectivity index (χ0v) is 13.1. The summed E-state index contributed by atoms with van der Waals surface area (Å²) < 4.78 is 47.9. The molecule has 0 unspecified atom stereocenters. The molecule has 0 saturated carbocycles. The predicted octanol–water partition coefficient (Wildman–Crippen LogP) is 1.88. The van der Waals surface area contributed by atoms with Crippen LogP contribution in [0.1, 0.15) is 22.3 Å². The van der Waals surface area contributed by atoms with Gasteiger partial charge in [0.05, 0.1) is 31.8 Å². The summed E-state index contributed by atoms with van der Waals surface area (Å²) in [6.45, 7) is -0.870. The van der Waals surface area contributed by atoms with Crippen molar-refractivity contribution in [2.75, 3.05) is 27.3 Å². The van der Waals surface area contributed by atoms with Crippen molar-refractivity contribution in [1.82, 2.24) is 4.90 Å². The van der Waals surface area contributed by atoms with Crippen molar-refractivity contribution in [2.45, 2.75) is 12.6 Å². The minimum atomic E-state index is -4.73. The lowest BCUT2D eigenvalue weighted by molar-refractivity contribution is -0.144. The summed E-state index contributed by atoms with van der Waals surface area (Å²) >= 11 is 0. The lowest BCUT2D eigenvalue weighted by Gasteiger charge is -2.22. The van der Waals surface area contributed by atoms with Crippen molar-refractivity contribution in [3.8, 4) is 0 Å². The summed E-state index contributed by atoms with van der Waals surface area (Å²) in [7, 11) is 2.21. The van der Waals surface area contributed by atoms with Crippen LogP contribution in [0.5, 0.6) is 0 Å². The Labute approximate surface area is 136 Å². The number of rotatable bonds is 6. The van der Waals surface area contributed by atoms with Crippen molar-refractivity contribution in [3.63, 3.8) is 0 Å². The Balaban J connectivity index is 3.11.